The second-order valence-electron chi connectivity index (χ2n) is 5.69. The molecule has 0 fully saturated rings. The Kier molecular flexibility index (Phi) is 5.12. The largest absolute Gasteiger partial charge is 0.350 e. The van der Waals surface area contributed by atoms with E-state index in [0.717, 1.165) is 15.7 Å². The van der Waals surface area contributed by atoms with E-state index in [-0.39, 0.29) is 5.91 Å². The van der Waals surface area contributed by atoms with Gasteiger partial charge in [0.05, 0.1) is 12.2 Å². The van der Waals surface area contributed by atoms with E-state index in [4.69, 9.17) is 0 Å². The number of carbonyl (C=O) groups excluding carboxylic acids is 1. The summed E-state index contributed by atoms with van der Waals surface area (Å²) in [7, 11) is 0. The lowest BCUT2D eigenvalue weighted by molar-refractivity contribution is -0.129. The van der Waals surface area contributed by atoms with Crippen LogP contribution >= 0.6 is 15.9 Å². The highest BCUT2D eigenvalue weighted by atomic mass is 79.9. The van der Waals surface area contributed by atoms with Crippen LogP contribution in [0.2, 0.25) is 0 Å². The molecule has 1 amide bonds. The summed E-state index contributed by atoms with van der Waals surface area (Å²) in [4.78, 5) is 16.6. The summed E-state index contributed by atoms with van der Waals surface area (Å²) >= 11 is 3.46. The third kappa shape index (κ3) is 4.67. The minimum Gasteiger partial charge on any atom is -0.350 e. The molecule has 21 heavy (non-hydrogen) atoms. The van der Waals surface area contributed by atoms with E-state index >= 15 is 0 Å². The summed E-state index contributed by atoms with van der Waals surface area (Å²) in [5.41, 5.74) is 1.54. The Morgan fingerprint density at radius 3 is 2.71 bits per heavy atom. The number of nitrogens with one attached hydrogen (secondary N) is 1. The number of amides is 1. The van der Waals surface area contributed by atoms with Crippen LogP contribution in [0.4, 0.5) is 0 Å². The second-order valence-corrected chi connectivity index (χ2v) is 6.61. The first-order valence-corrected chi connectivity index (χ1v) is 7.69. The van der Waals surface area contributed by atoms with Gasteiger partial charge in [0.2, 0.25) is 5.91 Å². The molecule has 0 aliphatic carbocycles. The van der Waals surface area contributed by atoms with Gasteiger partial charge in [0.25, 0.3) is 0 Å². The van der Waals surface area contributed by atoms with E-state index in [1.807, 2.05) is 56.3 Å². The van der Waals surface area contributed by atoms with E-state index in [1.54, 1.807) is 6.20 Å². The van der Waals surface area contributed by atoms with E-state index in [1.165, 1.54) is 0 Å². The molecule has 1 heterocycles. The van der Waals surface area contributed by atoms with Crippen LogP contribution in [0.15, 0.2) is 53.1 Å². The average Bonchev–Trinajstić information content (AvgIpc) is 2.45. The lowest BCUT2D eigenvalue weighted by Gasteiger charge is -2.23. The summed E-state index contributed by atoms with van der Waals surface area (Å²) in [6.07, 6.45) is 2.43. The third-order valence-corrected chi connectivity index (χ3v) is 3.80. The van der Waals surface area contributed by atoms with Gasteiger partial charge in [-0.2, -0.15) is 0 Å². The fourth-order valence-electron chi connectivity index (χ4n) is 2.15. The molecule has 4 heteroatoms. The van der Waals surface area contributed by atoms with E-state index in [0.29, 0.717) is 13.0 Å². The first-order chi connectivity index (χ1) is 9.97. The fraction of sp³-hybridized carbons (Fsp3) is 0.294. The van der Waals surface area contributed by atoms with Crippen molar-refractivity contribution in [3.05, 3.63) is 64.4 Å². The van der Waals surface area contributed by atoms with Crippen LogP contribution < -0.4 is 5.32 Å². The van der Waals surface area contributed by atoms with Crippen molar-refractivity contribution >= 4 is 21.8 Å². The summed E-state index contributed by atoms with van der Waals surface area (Å²) in [5, 5.41) is 2.96. The predicted molar refractivity (Wildman–Crippen MR) is 87.7 cm³/mol. The summed E-state index contributed by atoms with van der Waals surface area (Å²) in [6.45, 7) is 4.38. The quantitative estimate of drug-likeness (QED) is 0.896. The minimum absolute atomic E-state index is 0.0353. The smallest absolute Gasteiger partial charge is 0.226 e. The molecule has 1 aromatic heterocycles. The SMILES string of the molecule is CC(C)(Cc1cccc(Br)c1)C(=O)NCc1ccccn1. The van der Waals surface area contributed by atoms with Crippen molar-refractivity contribution in [1.82, 2.24) is 10.3 Å². The molecule has 0 atom stereocenters. The number of aromatic nitrogens is 1. The van der Waals surface area contributed by atoms with Gasteiger partial charge in [0.1, 0.15) is 0 Å². The van der Waals surface area contributed by atoms with E-state index in [2.05, 4.69) is 26.2 Å². The second kappa shape index (κ2) is 6.85. The molecule has 0 bridgehead atoms. The van der Waals surface area contributed by atoms with Crippen LogP contribution in [0.1, 0.15) is 25.1 Å². The number of nitrogens with zero attached hydrogens (tertiary/aromatic N) is 1. The highest BCUT2D eigenvalue weighted by Gasteiger charge is 2.27. The number of pyridine rings is 1. The van der Waals surface area contributed by atoms with Gasteiger partial charge in [0.15, 0.2) is 0 Å². The lowest BCUT2D eigenvalue weighted by Crippen LogP contribution is -2.38. The number of hydrogen-bond donors (Lipinski definition) is 1. The number of hydrogen-bond acceptors (Lipinski definition) is 2. The molecule has 1 N–H and O–H groups in total. The molecule has 2 rings (SSSR count). The standard InChI is InChI=1S/C17H19BrN2O/c1-17(2,11-13-6-5-7-14(18)10-13)16(21)20-12-15-8-3-4-9-19-15/h3-10H,11-12H2,1-2H3,(H,20,21). The van der Waals surface area contributed by atoms with Crippen molar-refractivity contribution in [3.63, 3.8) is 0 Å². The summed E-state index contributed by atoms with van der Waals surface area (Å²) < 4.78 is 1.03. The van der Waals surface area contributed by atoms with Crippen molar-refractivity contribution < 1.29 is 4.79 Å². The van der Waals surface area contributed by atoms with Gasteiger partial charge >= 0.3 is 0 Å². The van der Waals surface area contributed by atoms with Crippen molar-refractivity contribution in [3.8, 4) is 0 Å². The van der Waals surface area contributed by atoms with Gasteiger partial charge in [-0.05, 0) is 36.2 Å². The number of rotatable bonds is 5. The van der Waals surface area contributed by atoms with Crippen molar-refractivity contribution in [2.24, 2.45) is 5.41 Å². The normalized spacial score (nSPS) is 11.2. The van der Waals surface area contributed by atoms with Crippen LogP contribution in [0, 0.1) is 5.41 Å². The molecular weight excluding hydrogens is 328 g/mol. The monoisotopic (exact) mass is 346 g/mol. The third-order valence-electron chi connectivity index (χ3n) is 3.31. The lowest BCUT2D eigenvalue weighted by atomic mass is 9.85. The topological polar surface area (TPSA) is 42.0 Å². The zero-order chi connectivity index (χ0) is 15.3. The molecule has 0 radical (unpaired) electrons. The Labute approximate surface area is 133 Å². The van der Waals surface area contributed by atoms with Crippen molar-refractivity contribution in [2.45, 2.75) is 26.8 Å². The van der Waals surface area contributed by atoms with Crippen LogP contribution in [0.3, 0.4) is 0 Å². The molecule has 0 aliphatic heterocycles. The van der Waals surface area contributed by atoms with Gasteiger partial charge in [-0.25, -0.2) is 0 Å². The molecule has 0 spiro atoms. The maximum atomic E-state index is 12.4. The minimum atomic E-state index is -0.463. The zero-order valence-corrected chi connectivity index (χ0v) is 13.9. The highest BCUT2D eigenvalue weighted by molar-refractivity contribution is 9.10. The first-order valence-electron chi connectivity index (χ1n) is 6.90. The number of carbonyl (C=O) groups is 1. The molecule has 0 aliphatic rings. The van der Waals surface area contributed by atoms with Gasteiger partial charge in [-0.15, -0.1) is 0 Å². The van der Waals surface area contributed by atoms with Gasteiger partial charge in [-0.3, -0.25) is 9.78 Å². The Hall–Kier alpha value is -1.68. The van der Waals surface area contributed by atoms with Gasteiger partial charge in [0, 0.05) is 16.1 Å². The van der Waals surface area contributed by atoms with E-state index in [9.17, 15) is 4.79 Å². The van der Waals surface area contributed by atoms with E-state index < -0.39 is 5.41 Å². The van der Waals surface area contributed by atoms with Gasteiger partial charge in [-0.1, -0.05) is 48.0 Å². The van der Waals surface area contributed by atoms with Gasteiger partial charge < -0.3 is 5.32 Å². The Morgan fingerprint density at radius 1 is 1.24 bits per heavy atom. The van der Waals surface area contributed by atoms with Crippen LogP contribution in [-0.4, -0.2) is 10.9 Å². The highest BCUT2D eigenvalue weighted by Crippen LogP contribution is 2.24. The fourth-order valence-corrected chi connectivity index (χ4v) is 2.60. The van der Waals surface area contributed by atoms with Crippen LogP contribution in [0.25, 0.3) is 0 Å². The predicted octanol–water partition coefficient (Wildman–Crippen LogP) is 3.73. The molecular formula is C17H19BrN2O. The molecule has 1 aromatic carbocycles. The molecule has 0 saturated carbocycles. The summed E-state index contributed by atoms with van der Waals surface area (Å²) in [6, 6.07) is 13.7. The molecule has 2 aromatic rings. The van der Waals surface area contributed by atoms with Crippen LogP contribution in [0.5, 0.6) is 0 Å². The van der Waals surface area contributed by atoms with Crippen LogP contribution in [-0.2, 0) is 17.8 Å². The van der Waals surface area contributed by atoms with Crippen molar-refractivity contribution in [2.75, 3.05) is 0 Å². The van der Waals surface area contributed by atoms with Crippen molar-refractivity contribution in [1.29, 1.82) is 0 Å². The zero-order valence-electron chi connectivity index (χ0n) is 12.3. The average molecular weight is 347 g/mol. The number of halogens is 1. The molecule has 3 nitrogen and oxygen atoms in total. The molecule has 0 unspecified atom stereocenters. The first kappa shape index (κ1) is 15.7. The molecule has 110 valence electrons. The molecule has 0 saturated heterocycles. The Morgan fingerprint density at radius 2 is 2.05 bits per heavy atom. The number of benzene rings is 1. The summed E-state index contributed by atoms with van der Waals surface area (Å²) in [5.74, 6) is 0.0353. The Balaban J connectivity index is 1.96. The Bertz CT molecular complexity index is 611. The maximum absolute atomic E-state index is 12.4. The maximum Gasteiger partial charge on any atom is 0.226 e.